The van der Waals surface area contributed by atoms with E-state index in [1.54, 1.807) is 0 Å². The Balaban J connectivity index is 1.19. The SMILES string of the molecule is CC(C)CCCCCCCCCCCCCCCCCCCCCCC[C@H](O)CC(=O)SCCNC(=O)CCNC(=O)[C@H](O)C(C)(C)COP(=O)(O)OP(=O)(O)OC[C@H]1O[C@@H](n2cnc3c(N)ncnc32)[C@H](O)[C@@H]1OP(=O)(O)O. The van der Waals surface area contributed by atoms with E-state index < -0.39 is 90.7 Å². The second-order valence-electron chi connectivity index (χ2n) is 21.5. The van der Waals surface area contributed by atoms with Crippen LogP contribution in [0.1, 0.15) is 194 Å². The molecule has 0 radical (unpaired) electrons. The summed E-state index contributed by atoms with van der Waals surface area (Å²) in [4.78, 5) is 88.8. The predicted molar refractivity (Wildman–Crippen MR) is 299 cm³/mol. The quantitative estimate of drug-likeness (QED) is 0.0221. The summed E-state index contributed by atoms with van der Waals surface area (Å²) >= 11 is 1.01. The van der Waals surface area contributed by atoms with Crippen LogP contribution in [0.4, 0.5) is 5.82 Å². The van der Waals surface area contributed by atoms with Gasteiger partial charge in [-0.3, -0.25) is 32.5 Å². The Hall–Kier alpha value is -2.48. The molecule has 3 rings (SSSR count). The number of nitrogens with two attached hydrogens (primary N) is 1. The van der Waals surface area contributed by atoms with Crippen molar-refractivity contribution in [1.82, 2.24) is 30.2 Å². The van der Waals surface area contributed by atoms with E-state index in [1.165, 1.54) is 136 Å². The number of nitrogens with one attached hydrogen (secondary N) is 2. The van der Waals surface area contributed by atoms with Gasteiger partial charge in [0.25, 0.3) is 0 Å². The molecule has 2 aromatic heterocycles. The van der Waals surface area contributed by atoms with Crippen molar-refractivity contribution in [3.05, 3.63) is 12.7 Å². The summed E-state index contributed by atoms with van der Waals surface area (Å²) in [5.74, 6) is -0.370. The van der Waals surface area contributed by atoms with Gasteiger partial charge in [0.1, 0.15) is 36.3 Å². The van der Waals surface area contributed by atoms with Crippen molar-refractivity contribution in [3.63, 3.8) is 0 Å². The van der Waals surface area contributed by atoms with Gasteiger partial charge in [-0.1, -0.05) is 181 Å². The third-order valence-corrected chi connectivity index (χ3v) is 17.5. The van der Waals surface area contributed by atoms with Crippen LogP contribution in [0.15, 0.2) is 12.7 Å². The first-order valence-corrected chi connectivity index (χ1v) is 33.5. The summed E-state index contributed by atoms with van der Waals surface area (Å²) in [5, 5.41) is 36.8. The molecular weight excluding hydrogens is 1110 g/mol. The number of aliphatic hydroxyl groups excluding tert-OH is 3. The number of unbranched alkanes of at least 4 members (excludes halogenated alkanes) is 20. The second-order valence-corrected chi connectivity index (χ2v) is 26.9. The van der Waals surface area contributed by atoms with Gasteiger partial charge in [0.2, 0.25) is 11.8 Å². The molecule has 25 nitrogen and oxygen atoms in total. The molecule has 0 spiro atoms. The van der Waals surface area contributed by atoms with Gasteiger partial charge in [-0.15, -0.1) is 0 Å². The molecule has 2 amide bonds. The number of aromatic nitrogens is 4. The number of hydrogen-bond donors (Lipinski definition) is 10. The number of hydrogen-bond acceptors (Lipinski definition) is 19. The number of fused-ring (bicyclic) bond motifs is 1. The molecule has 0 aromatic carbocycles. The number of aliphatic hydroxyl groups is 3. The van der Waals surface area contributed by atoms with Crippen LogP contribution in [-0.2, 0) is 50.7 Å². The summed E-state index contributed by atoms with van der Waals surface area (Å²) < 4.78 is 62.6. The molecule has 0 bridgehead atoms. The zero-order valence-electron chi connectivity index (χ0n) is 46.6. The van der Waals surface area contributed by atoms with E-state index in [1.807, 2.05) is 0 Å². The Kier molecular flexibility index (Phi) is 33.1. The van der Waals surface area contributed by atoms with E-state index >= 15 is 0 Å². The molecule has 1 aliphatic heterocycles. The molecule has 2 aromatic rings. The van der Waals surface area contributed by atoms with Gasteiger partial charge in [0.05, 0.1) is 25.6 Å². The van der Waals surface area contributed by atoms with Crippen molar-refractivity contribution in [2.45, 2.75) is 225 Å². The highest BCUT2D eigenvalue weighted by atomic mass is 32.2. The smallest absolute Gasteiger partial charge is 0.393 e. The number of nitrogen functional groups attached to an aromatic ring is 1. The van der Waals surface area contributed by atoms with E-state index in [0.717, 1.165) is 54.2 Å². The standard InChI is InChI=1S/C50H92N7O18P3S/c1-37(2)26-24-22-20-18-16-14-12-10-8-6-5-7-9-11-13-15-17-19-21-23-25-27-38(58)32-41(60)79-31-30-52-40(59)28-29-53-48(63)45(62)50(3,4)34-72-78(69,70)75-77(67,68)71-33-39-44(74-76(64,65)66)43(61)49(73-39)57-36-56-42-46(51)54-35-55-47(42)57/h35-39,43-45,49,58,61-62H,5-34H2,1-4H3,(H,52,59)(H,53,63)(H,67,68)(H,69,70)(H2,51,54,55)(H2,64,65,66)/t38-,39+,43+,44+,45-,49+/m0/s1. The van der Waals surface area contributed by atoms with Gasteiger partial charge in [-0.25, -0.2) is 28.6 Å². The Labute approximate surface area is 469 Å². The monoisotopic (exact) mass is 1200 g/mol. The number of nitrogens with zero attached hydrogens (tertiary/aromatic N) is 4. The fraction of sp³-hybridized carbons (Fsp3) is 0.840. The molecule has 456 valence electrons. The molecule has 1 fully saturated rings. The molecule has 8 atom stereocenters. The molecule has 1 saturated heterocycles. The topological polar surface area (TPSA) is 384 Å². The lowest BCUT2D eigenvalue weighted by Crippen LogP contribution is -2.46. The number of amides is 2. The van der Waals surface area contributed by atoms with Crippen LogP contribution in [0.2, 0.25) is 0 Å². The molecule has 11 N–H and O–H groups in total. The first kappa shape index (κ1) is 70.8. The number of thioether (sulfide) groups is 1. The minimum atomic E-state index is -5.59. The normalized spacial score (nSPS) is 19.3. The van der Waals surface area contributed by atoms with Gasteiger partial charge in [-0.05, 0) is 12.3 Å². The fourth-order valence-electron chi connectivity index (χ4n) is 8.94. The summed E-state index contributed by atoms with van der Waals surface area (Å²) in [6.07, 6.45) is 21.7. The number of carbonyl (C=O) groups is 3. The molecule has 3 heterocycles. The third-order valence-electron chi connectivity index (χ3n) is 13.5. The highest BCUT2D eigenvalue weighted by Gasteiger charge is 2.50. The van der Waals surface area contributed by atoms with Gasteiger partial charge in [-0.2, -0.15) is 4.31 Å². The Morgan fingerprint density at radius 2 is 1.28 bits per heavy atom. The number of rotatable bonds is 45. The molecule has 2 unspecified atom stereocenters. The summed E-state index contributed by atoms with van der Waals surface area (Å²) in [6, 6.07) is 0. The van der Waals surface area contributed by atoms with Crippen LogP contribution in [0.25, 0.3) is 11.2 Å². The predicted octanol–water partition coefficient (Wildman–Crippen LogP) is 8.04. The Morgan fingerprint density at radius 1 is 0.759 bits per heavy atom. The molecular formula is C50H92N7O18P3S. The number of ether oxygens (including phenoxy) is 1. The molecule has 1 aliphatic rings. The highest BCUT2D eigenvalue weighted by Crippen LogP contribution is 2.61. The lowest BCUT2D eigenvalue weighted by Gasteiger charge is -2.30. The van der Waals surface area contributed by atoms with Crippen molar-refractivity contribution in [2.24, 2.45) is 11.3 Å². The number of carbonyl (C=O) groups excluding carboxylic acids is 3. The maximum atomic E-state index is 12.8. The molecule has 29 heteroatoms. The van der Waals surface area contributed by atoms with Crippen LogP contribution in [0, 0.1) is 11.3 Å². The first-order chi connectivity index (χ1) is 37.3. The number of anilines is 1. The van der Waals surface area contributed by atoms with Crippen LogP contribution < -0.4 is 16.4 Å². The Morgan fingerprint density at radius 3 is 1.81 bits per heavy atom. The van der Waals surface area contributed by atoms with E-state index in [4.69, 9.17) is 19.5 Å². The van der Waals surface area contributed by atoms with E-state index in [0.29, 0.717) is 6.42 Å². The fourth-order valence-corrected chi connectivity index (χ4v) is 12.5. The van der Waals surface area contributed by atoms with E-state index in [9.17, 15) is 63.0 Å². The summed E-state index contributed by atoms with van der Waals surface area (Å²) in [7, 11) is -16.5. The van der Waals surface area contributed by atoms with Crippen molar-refractivity contribution in [3.8, 4) is 0 Å². The van der Waals surface area contributed by atoms with Crippen LogP contribution in [-0.4, -0.2) is 134 Å². The van der Waals surface area contributed by atoms with Crippen molar-refractivity contribution < 1.29 is 85.6 Å². The van der Waals surface area contributed by atoms with Crippen LogP contribution >= 0.6 is 35.2 Å². The molecule has 0 aliphatic carbocycles. The van der Waals surface area contributed by atoms with Gasteiger partial charge >= 0.3 is 23.5 Å². The van der Waals surface area contributed by atoms with Gasteiger partial charge < -0.3 is 56.0 Å². The molecule has 0 saturated carbocycles. The second kappa shape index (κ2) is 37.0. The van der Waals surface area contributed by atoms with Gasteiger partial charge in [0, 0.05) is 37.1 Å². The van der Waals surface area contributed by atoms with Crippen LogP contribution in [0.5, 0.6) is 0 Å². The maximum absolute atomic E-state index is 12.8. The lowest BCUT2D eigenvalue weighted by atomic mass is 9.87. The average Bonchev–Trinajstić information content (AvgIpc) is 4.14. The zero-order valence-corrected chi connectivity index (χ0v) is 50.1. The maximum Gasteiger partial charge on any atom is 0.481 e. The number of phosphoric acid groups is 3. The van der Waals surface area contributed by atoms with E-state index in [2.05, 4.69) is 48.3 Å². The summed E-state index contributed by atoms with van der Waals surface area (Å²) in [5.41, 5.74) is 4.27. The van der Waals surface area contributed by atoms with E-state index in [-0.39, 0.29) is 53.8 Å². The van der Waals surface area contributed by atoms with Gasteiger partial charge in [0.15, 0.2) is 22.8 Å². The molecule has 79 heavy (non-hydrogen) atoms. The minimum Gasteiger partial charge on any atom is -0.393 e. The zero-order chi connectivity index (χ0) is 58.5. The van der Waals surface area contributed by atoms with Crippen molar-refractivity contribution >= 4 is 69.1 Å². The number of imidazole rings is 1. The minimum absolute atomic E-state index is 0.0271. The largest absolute Gasteiger partial charge is 0.481 e. The van der Waals surface area contributed by atoms with Crippen molar-refractivity contribution in [2.75, 3.05) is 37.8 Å². The van der Waals surface area contributed by atoms with Crippen LogP contribution in [0.3, 0.4) is 0 Å². The van der Waals surface area contributed by atoms with Crippen molar-refractivity contribution in [1.29, 1.82) is 0 Å². The average molecular weight is 1200 g/mol. The summed E-state index contributed by atoms with van der Waals surface area (Å²) in [6.45, 7) is 5.04. The Bertz CT molecular complexity index is 2250. The highest BCUT2D eigenvalue weighted by molar-refractivity contribution is 8.13. The number of phosphoric ester groups is 3. The third kappa shape index (κ3) is 29.6. The lowest BCUT2D eigenvalue weighted by molar-refractivity contribution is -0.137. The first-order valence-electron chi connectivity index (χ1n) is 28.0.